The minimum Gasteiger partial charge on any atom is -0.361 e. The Kier molecular flexibility index (Phi) is 1.93. The Morgan fingerprint density at radius 3 is 2.54 bits per heavy atom. The van der Waals surface area contributed by atoms with Gasteiger partial charge in [0.2, 0.25) is 0 Å². The molecule has 0 atom stereocenters. The van der Waals surface area contributed by atoms with E-state index in [9.17, 15) is 0 Å². The number of nitrogens with one attached hydrogen (secondary N) is 1. The number of aromatic nitrogens is 1. The van der Waals surface area contributed by atoms with Gasteiger partial charge in [0.1, 0.15) is 0 Å². The van der Waals surface area contributed by atoms with Crippen molar-refractivity contribution in [1.29, 1.82) is 0 Å². The zero-order chi connectivity index (χ0) is 9.26. The molecule has 0 aliphatic rings. The fraction of sp³-hybridized carbons (Fsp3) is 0.167. The lowest BCUT2D eigenvalue weighted by Crippen LogP contribution is -1.83. The number of hydrogen-bond donors (Lipinski definition) is 1. The maximum atomic E-state index is 3.21. The number of hydrogen-bond acceptors (Lipinski definition) is 0. The quantitative estimate of drug-likeness (QED) is 0.677. The number of aromatic amines is 1. The molecule has 1 nitrogen and oxygen atoms in total. The summed E-state index contributed by atoms with van der Waals surface area (Å²) in [5.41, 5.74) is 5.11. The second-order valence-electron chi connectivity index (χ2n) is 3.40. The molecule has 0 amide bonds. The minimum absolute atomic E-state index is 1.19. The summed E-state index contributed by atoms with van der Waals surface area (Å²) in [6.45, 7) is 4.26. The van der Waals surface area contributed by atoms with Gasteiger partial charge in [0.15, 0.2) is 0 Å². The van der Waals surface area contributed by atoms with Crippen LogP contribution in [0.15, 0.2) is 36.5 Å². The van der Waals surface area contributed by atoms with E-state index in [0.717, 1.165) is 0 Å². The van der Waals surface area contributed by atoms with Crippen LogP contribution in [-0.4, -0.2) is 4.98 Å². The Hall–Kier alpha value is -1.50. The van der Waals surface area contributed by atoms with Crippen molar-refractivity contribution in [2.45, 2.75) is 13.8 Å². The lowest BCUT2D eigenvalue weighted by atomic mass is 10.0. The second-order valence-corrected chi connectivity index (χ2v) is 3.40. The van der Waals surface area contributed by atoms with Gasteiger partial charge in [-0.1, -0.05) is 23.8 Å². The van der Waals surface area contributed by atoms with Crippen LogP contribution in [-0.2, 0) is 0 Å². The molecule has 2 rings (SSSR count). The highest BCUT2D eigenvalue weighted by Gasteiger charge is 2.00. The Bertz CT molecular complexity index is 399. The van der Waals surface area contributed by atoms with Crippen molar-refractivity contribution in [1.82, 2.24) is 4.98 Å². The zero-order valence-electron chi connectivity index (χ0n) is 7.96. The van der Waals surface area contributed by atoms with Gasteiger partial charge >= 0.3 is 0 Å². The average molecular weight is 171 g/mol. The van der Waals surface area contributed by atoms with E-state index in [-0.39, 0.29) is 0 Å². The van der Waals surface area contributed by atoms with E-state index in [2.05, 4.69) is 43.1 Å². The predicted octanol–water partition coefficient (Wildman–Crippen LogP) is 3.30. The highest BCUT2D eigenvalue weighted by molar-refractivity contribution is 5.63. The Labute approximate surface area is 78.4 Å². The molecule has 1 heteroatoms. The number of H-pyrrole nitrogens is 1. The van der Waals surface area contributed by atoms with E-state index < -0.39 is 0 Å². The SMILES string of the molecule is Cc1ccc(-c2ccc[nH]2)c(C)c1. The lowest BCUT2D eigenvalue weighted by Gasteiger charge is -2.04. The van der Waals surface area contributed by atoms with Gasteiger partial charge in [0, 0.05) is 17.5 Å². The maximum Gasteiger partial charge on any atom is 0.0456 e. The summed E-state index contributed by atoms with van der Waals surface area (Å²) in [4.78, 5) is 3.21. The third kappa shape index (κ3) is 1.50. The summed E-state index contributed by atoms with van der Waals surface area (Å²) in [7, 11) is 0. The molecule has 0 bridgehead atoms. The summed E-state index contributed by atoms with van der Waals surface area (Å²) in [6.07, 6.45) is 1.95. The van der Waals surface area contributed by atoms with Crippen molar-refractivity contribution in [3.63, 3.8) is 0 Å². The van der Waals surface area contributed by atoms with Gasteiger partial charge in [-0.05, 0) is 31.5 Å². The predicted molar refractivity (Wildman–Crippen MR) is 55.7 cm³/mol. The third-order valence-corrected chi connectivity index (χ3v) is 2.27. The molecule has 0 aliphatic heterocycles. The first-order valence-corrected chi connectivity index (χ1v) is 4.48. The zero-order valence-corrected chi connectivity index (χ0v) is 7.96. The summed E-state index contributed by atoms with van der Waals surface area (Å²) in [5.74, 6) is 0. The number of rotatable bonds is 1. The van der Waals surface area contributed by atoms with E-state index in [1.54, 1.807) is 0 Å². The van der Waals surface area contributed by atoms with E-state index in [0.29, 0.717) is 0 Å². The number of benzene rings is 1. The molecule has 0 spiro atoms. The smallest absolute Gasteiger partial charge is 0.0456 e. The van der Waals surface area contributed by atoms with Crippen molar-refractivity contribution < 1.29 is 0 Å². The van der Waals surface area contributed by atoms with Crippen LogP contribution in [0, 0.1) is 13.8 Å². The van der Waals surface area contributed by atoms with Crippen molar-refractivity contribution in [2.75, 3.05) is 0 Å². The molecule has 1 aromatic heterocycles. The molecule has 0 aliphatic carbocycles. The van der Waals surface area contributed by atoms with E-state index in [1.807, 2.05) is 12.3 Å². The topological polar surface area (TPSA) is 15.8 Å². The summed E-state index contributed by atoms with van der Waals surface area (Å²) < 4.78 is 0. The molecule has 0 saturated carbocycles. The largest absolute Gasteiger partial charge is 0.361 e. The molecule has 1 heterocycles. The van der Waals surface area contributed by atoms with Crippen LogP contribution in [0.3, 0.4) is 0 Å². The van der Waals surface area contributed by atoms with Crippen molar-refractivity contribution in [3.8, 4) is 11.3 Å². The van der Waals surface area contributed by atoms with Gasteiger partial charge in [0.25, 0.3) is 0 Å². The van der Waals surface area contributed by atoms with E-state index >= 15 is 0 Å². The van der Waals surface area contributed by atoms with Crippen LogP contribution < -0.4 is 0 Å². The van der Waals surface area contributed by atoms with Gasteiger partial charge in [-0.2, -0.15) is 0 Å². The first-order valence-electron chi connectivity index (χ1n) is 4.48. The fourth-order valence-corrected chi connectivity index (χ4v) is 1.61. The molecule has 2 aromatic rings. The van der Waals surface area contributed by atoms with Crippen LogP contribution in [0.4, 0.5) is 0 Å². The Balaban J connectivity index is 2.53. The molecular formula is C12H13N. The summed E-state index contributed by atoms with van der Waals surface area (Å²) in [5, 5.41) is 0. The molecule has 1 aromatic carbocycles. The normalized spacial score (nSPS) is 10.3. The Morgan fingerprint density at radius 2 is 1.92 bits per heavy atom. The standard InChI is InChI=1S/C12H13N/c1-9-5-6-11(10(2)8-9)12-4-3-7-13-12/h3-8,13H,1-2H3. The molecule has 13 heavy (non-hydrogen) atoms. The summed E-state index contributed by atoms with van der Waals surface area (Å²) >= 11 is 0. The van der Waals surface area contributed by atoms with Crippen LogP contribution in [0.2, 0.25) is 0 Å². The molecule has 1 N–H and O–H groups in total. The maximum absolute atomic E-state index is 3.21. The van der Waals surface area contributed by atoms with Gasteiger partial charge in [-0.15, -0.1) is 0 Å². The van der Waals surface area contributed by atoms with Gasteiger partial charge in [0.05, 0.1) is 0 Å². The van der Waals surface area contributed by atoms with Crippen molar-refractivity contribution in [3.05, 3.63) is 47.7 Å². The number of aryl methyl sites for hydroxylation is 2. The van der Waals surface area contributed by atoms with Gasteiger partial charge in [-0.25, -0.2) is 0 Å². The molecule has 0 saturated heterocycles. The lowest BCUT2D eigenvalue weighted by molar-refractivity contribution is 1.34. The molecule has 0 radical (unpaired) electrons. The summed E-state index contributed by atoms with van der Waals surface area (Å²) in [6, 6.07) is 10.6. The highest BCUT2D eigenvalue weighted by Crippen LogP contribution is 2.21. The highest BCUT2D eigenvalue weighted by atomic mass is 14.7. The van der Waals surface area contributed by atoms with Crippen LogP contribution in [0.25, 0.3) is 11.3 Å². The minimum atomic E-state index is 1.19. The molecule has 0 unspecified atom stereocenters. The molecule has 66 valence electrons. The van der Waals surface area contributed by atoms with E-state index in [4.69, 9.17) is 0 Å². The first-order chi connectivity index (χ1) is 6.27. The first kappa shape index (κ1) is 8.11. The Morgan fingerprint density at radius 1 is 1.08 bits per heavy atom. The third-order valence-electron chi connectivity index (χ3n) is 2.27. The van der Waals surface area contributed by atoms with Crippen LogP contribution >= 0.6 is 0 Å². The van der Waals surface area contributed by atoms with Crippen LogP contribution in [0.1, 0.15) is 11.1 Å². The second kappa shape index (κ2) is 3.09. The van der Waals surface area contributed by atoms with Gasteiger partial charge < -0.3 is 4.98 Å². The van der Waals surface area contributed by atoms with Gasteiger partial charge in [-0.3, -0.25) is 0 Å². The van der Waals surface area contributed by atoms with E-state index in [1.165, 1.54) is 22.4 Å². The van der Waals surface area contributed by atoms with Crippen LogP contribution in [0.5, 0.6) is 0 Å². The molecular weight excluding hydrogens is 158 g/mol. The van der Waals surface area contributed by atoms with Crippen molar-refractivity contribution in [2.24, 2.45) is 0 Å². The average Bonchev–Trinajstić information content (AvgIpc) is 2.56. The molecule has 0 fully saturated rings. The van der Waals surface area contributed by atoms with Crippen molar-refractivity contribution >= 4 is 0 Å². The fourth-order valence-electron chi connectivity index (χ4n) is 1.61. The monoisotopic (exact) mass is 171 g/mol.